The van der Waals surface area contributed by atoms with Crippen LogP contribution in [0.25, 0.3) is 0 Å². The summed E-state index contributed by atoms with van der Waals surface area (Å²) in [6, 6.07) is 15.7. The normalized spacial score (nSPS) is 10.5. The van der Waals surface area contributed by atoms with Gasteiger partial charge in [-0.2, -0.15) is 0 Å². The molecule has 2 aromatic carbocycles. The first-order chi connectivity index (χ1) is 12.4. The molecule has 6 nitrogen and oxygen atoms in total. The summed E-state index contributed by atoms with van der Waals surface area (Å²) in [5, 5.41) is 11.0. The molecule has 0 fully saturated rings. The first-order valence-electron chi connectivity index (χ1n) is 8.12. The van der Waals surface area contributed by atoms with Crippen LogP contribution >= 0.6 is 0 Å². The highest BCUT2D eigenvalue weighted by Gasteiger charge is 2.14. The van der Waals surface area contributed by atoms with Crippen molar-refractivity contribution in [2.75, 3.05) is 0 Å². The fraction of sp³-hybridized carbons (Fsp3) is 0.150. The summed E-state index contributed by atoms with van der Waals surface area (Å²) >= 11 is 0. The maximum atomic E-state index is 12.1. The Bertz CT molecular complexity index is 987. The standard InChI is InChI=1S/C20H18N2O4/c1-14-10-17(22(24)25)11-15(2)20(14)26-18-8-9-19(23)21(13-18)12-16-6-4-3-5-7-16/h3-11,13H,12H2,1-2H3. The zero-order valence-electron chi connectivity index (χ0n) is 14.5. The van der Waals surface area contributed by atoms with Crippen LogP contribution in [0.5, 0.6) is 11.5 Å². The maximum Gasteiger partial charge on any atom is 0.270 e. The van der Waals surface area contributed by atoms with Gasteiger partial charge < -0.3 is 9.30 Å². The predicted octanol–water partition coefficient (Wildman–Crippen LogP) is 4.21. The summed E-state index contributed by atoms with van der Waals surface area (Å²) in [7, 11) is 0. The predicted molar refractivity (Wildman–Crippen MR) is 98.9 cm³/mol. The molecular formula is C20H18N2O4. The lowest BCUT2D eigenvalue weighted by molar-refractivity contribution is -0.385. The smallest absolute Gasteiger partial charge is 0.270 e. The van der Waals surface area contributed by atoms with Crippen molar-refractivity contribution in [1.29, 1.82) is 0 Å². The number of aryl methyl sites for hydroxylation is 2. The van der Waals surface area contributed by atoms with Crippen LogP contribution in [-0.2, 0) is 6.54 Å². The fourth-order valence-electron chi connectivity index (χ4n) is 2.79. The van der Waals surface area contributed by atoms with Crippen molar-refractivity contribution in [3.8, 4) is 11.5 Å². The molecule has 0 aliphatic carbocycles. The van der Waals surface area contributed by atoms with E-state index in [0.717, 1.165) is 5.56 Å². The largest absolute Gasteiger partial charge is 0.455 e. The van der Waals surface area contributed by atoms with Gasteiger partial charge in [-0.25, -0.2) is 0 Å². The molecule has 3 rings (SSSR count). The van der Waals surface area contributed by atoms with E-state index in [1.807, 2.05) is 30.3 Å². The number of aromatic nitrogens is 1. The van der Waals surface area contributed by atoms with Gasteiger partial charge in [-0.1, -0.05) is 30.3 Å². The van der Waals surface area contributed by atoms with E-state index >= 15 is 0 Å². The van der Waals surface area contributed by atoms with Crippen LogP contribution in [0.2, 0.25) is 0 Å². The Balaban J connectivity index is 1.91. The Hall–Kier alpha value is -3.41. The minimum absolute atomic E-state index is 0.0291. The lowest BCUT2D eigenvalue weighted by Crippen LogP contribution is -2.18. The second-order valence-corrected chi connectivity index (χ2v) is 6.08. The van der Waals surface area contributed by atoms with E-state index in [9.17, 15) is 14.9 Å². The third-order valence-corrected chi connectivity index (χ3v) is 4.03. The van der Waals surface area contributed by atoms with Crippen LogP contribution < -0.4 is 10.3 Å². The number of nitrogens with zero attached hydrogens (tertiary/aromatic N) is 2. The summed E-state index contributed by atoms with van der Waals surface area (Å²) < 4.78 is 7.50. The lowest BCUT2D eigenvalue weighted by atomic mass is 10.1. The lowest BCUT2D eigenvalue weighted by Gasteiger charge is -2.13. The van der Waals surface area contributed by atoms with Crippen LogP contribution in [0.3, 0.4) is 0 Å². The van der Waals surface area contributed by atoms with E-state index in [1.165, 1.54) is 18.2 Å². The van der Waals surface area contributed by atoms with Gasteiger partial charge >= 0.3 is 0 Å². The summed E-state index contributed by atoms with van der Waals surface area (Å²) in [5.74, 6) is 1.06. The van der Waals surface area contributed by atoms with E-state index in [0.29, 0.717) is 29.2 Å². The van der Waals surface area contributed by atoms with E-state index in [-0.39, 0.29) is 11.2 Å². The topological polar surface area (TPSA) is 74.4 Å². The molecule has 6 heteroatoms. The van der Waals surface area contributed by atoms with E-state index in [1.54, 1.807) is 30.7 Å². The number of hydrogen-bond acceptors (Lipinski definition) is 4. The molecule has 0 amide bonds. The van der Waals surface area contributed by atoms with Gasteiger partial charge in [0.1, 0.15) is 11.5 Å². The number of ether oxygens (including phenoxy) is 1. The molecule has 0 spiro atoms. The summed E-state index contributed by atoms with van der Waals surface area (Å²) in [5.41, 5.74) is 2.24. The molecule has 0 aliphatic heterocycles. The molecule has 0 N–H and O–H groups in total. The van der Waals surface area contributed by atoms with Gasteiger partial charge in [0.15, 0.2) is 0 Å². The van der Waals surface area contributed by atoms with Crippen LogP contribution in [0.1, 0.15) is 16.7 Å². The second-order valence-electron chi connectivity index (χ2n) is 6.08. The van der Waals surface area contributed by atoms with Gasteiger partial charge in [-0.15, -0.1) is 0 Å². The zero-order chi connectivity index (χ0) is 18.7. The first-order valence-corrected chi connectivity index (χ1v) is 8.12. The molecular weight excluding hydrogens is 332 g/mol. The molecule has 1 aromatic heterocycles. The third kappa shape index (κ3) is 3.80. The number of nitro benzene ring substituents is 1. The minimum atomic E-state index is -0.427. The molecule has 1 heterocycles. The Morgan fingerprint density at radius 1 is 1.04 bits per heavy atom. The van der Waals surface area contributed by atoms with Crippen LogP contribution in [0.4, 0.5) is 5.69 Å². The summed E-state index contributed by atoms with van der Waals surface area (Å²) in [4.78, 5) is 22.6. The Labute approximate surface area is 150 Å². The van der Waals surface area contributed by atoms with Crippen LogP contribution in [0.15, 0.2) is 65.6 Å². The molecule has 132 valence electrons. The quantitative estimate of drug-likeness (QED) is 0.510. The SMILES string of the molecule is Cc1cc([N+](=O)[O-])cc(C)c1Oc1ccc(=O)n(Cc2ccccc2)c1. The van der Waals surface area contributed by atoms with Gasteiger partial charge in [0.25, 0.3) is 11.2 Å². The Morgan fingerprint density at radius 2 is 1.69 bits per heavy atom. The Kier molecular flexibility index (Phi) is 4.84. The highest BCUT2D eigenvalue weighted by atomic mass is 16.6. The average molecular weight is 350 g/mol. The van der Waals surface area contributed by atoms with Crippen molar-refractivity contribution < 1.29 is 9.66 Å². The molecule has 0 unspecified atom stereocenters. The van der Waals surface area contributed by atoms with Gasteiger partial charge in [0.2, 0.25) is 0 Å². The molecule has 26 heavy (non-hydrogen) atoms. The number of pyridine rings is 1. The van der Waals surface area contributed by atoms with E-state index in [4.69, 9.17) is 4.74 Å². The van der Waals surface area contributed by atoms with Crippen molar-refractivity contribution >= 4 is 5.69 Å². The zero-order valence-corrected chi connectivity index (χ0v) is 14.5. The molecule has 0 aliphatic rings. The fourth-order valence-corrected chi connectivity index (χ4v) is 2.79. The van der Waals surface area contributed by atoms with Gasteiger partial charge in [0.05, 0.1) is 17.7 Å². The Morgan fingerprint density at radius 3 is 2.31 bits per heavy atom. The molecule has 0 saturated carbocycles. The molecule has 3 aromatic rings. The molecule has 0 bridgehead atoms. The maximum absolute atomic E-state index is 12.1. The monoisotopic (exact) mass is 350 g/mol. The van der Waals surface area contributed by atoms with E-state index < -0.39 is 4.92 Å². The van der Waals surface area contributed by atoms with Crippen molar-refractivity contribution in [3.63, 3.8) is 0 Å². The summed E-state index contributed by atoms with van der Waals surface area (Å²) in [6.07, 6.45) is 1.65. The van der Waals surface area contributed by atoms with Crippen LogP contribution in [0, 0.1) is 24.0 Å². The number of nitro groups is 1. The highest BCUT2D eigenvalue weighted by Crippen LogP contribution is 2.31. The average Bonchev–Trinajstić information content (AvgIpc) is 2.61. The molecule has 0 radical (unpaired) electrons. The number of hydrogen-bond donors (Lipinski definition) is 0. The van der Waals surface area contributed by atoms with Gasteiger partial charge in [0, 0.05) is 18.2 Å². The summed E-state index contributed by atoms with van der Waals surface area (Å²) in [6.45, 7) is 3.96. The third-order valence-electron chi connectivity index (χ3n) is 4.03. The van der Waals surface area contributed by atoms with Crippen molar-refractivity contribution in [3.05, 3.63) is 98.0 Å². The van der Waals surface area contributed by atoms with Gasteiger partial charge in [-0.3, -0.25) is 14.9 Å². The van der Waals surface area contributed by atoms with Crippen molar-refractivity contribution in [2.45, 2.75) is 20.4 Å². The van der Waals surface area contributed by atoms with Crippen molar-refractivity contribution in [2.24, 2.45) is 0 Å². The minimum Gasteiger partial charge on any atom is -0.455 e. The number of benzene rings is 2. The van der Waals surface area contributed by atoms with E-state index in [2.05, 4.69) is 0 Å². The first kappa shape index (κ1) is 17.4. The van der Waals surface area contributed by atoms with Crippen LogP contribution in [-0.4, -0.2) is 9.49 Å². The number of rotatable bonds is 5. The van der Waals surface area contributed by atoms with Gasteiger partial charge in [-0.05, 0) is 36.6 Å². The second kappa shape index (κ2) is 7.23. The number of non-ortho nitro benzene ring substituents is 1. The molecule has 0 saturated heterocycles. The molecule has 0 atom stereocenters. The van der Waals surface area contributed by atoms with Crippen molar-refractivity contribution in [1.82, 2.24) is 4.57 Å². The highest BCUT2D eigenvalue weighted by molar-refractivity contribution is 5.50.